The molecule has 1 fully saturated rings. The molecule has 98 valence electrons. The topological polar surface area (TPSA) is 20.3 Å². The summed E-state index contributed by atoms with van der Waals surface area (Å²) in [7, 11) is 0. The van der Waals surface area contributed by atoms with Crippen molar-refractivity contribution in [2.24, 2.45) is 5.92 Å². The lowest BCUT2D eigenvalue weighted by atomic mass is 9.98. The van der Waals surface area contributed by atoms with Gasteiger partial charge in [-0.25, -0.2) is 0 Å². The highest BCUT2D eigenvalue weighted by atomic mass is 79.9. The van der Waals surface area contributed by atoms with Gasteiger partial charge in [0.1, 0.15) is 0 Å². The Balaban J connectivity index is 2.15. The van der Waals surface area contributed by atoms with E-state index in [1.54, 1.807) is 6.07 Å². The first-order valence-electron chi connectivity index (χ1n) is 6.23. The van der Waals surface area contributed by atoms with E-state index in [1.165, 1.54) is 6.42 Å². The molecule has 1 amide bonds. The summed E-state index contributed by atoms with van der Waals surface area (Å²) in [4.78, 5) is 14.4. The van der Waals surface area contributed by atoms with E-state index in [0.717, 1.165) is 36.0 Å². The number of carbonyl (C=O) groups is 1. The van der Waals surface area contributed by atoms with E-state index in [2.05, 4.69) is 15.9 Å². The molecule has 2 nitrogen and oxygen atoms in total. The lowest BCUT2D eigenvalue weighted by Crippen LogP contribution is -2.40. The van der Waals surface area contributed by atoms with Crippen LogP contribution in [0.4, 0.5) is 0 Å². The fourth-order valence-electron chi connectivity index (χ4n) is 2.41. The molecule has 4 heteroatoms. The number of hydrogen-bond donors (Lipinski definition) is 0. The molecule has 1 atom stereocenters. The first kappa shape index (κ1) is 13.9. The van der Waals surface area contributed by atoms with E-state index < -0.39 is 0 Å². The van der Waals surface area contributed by atoms with Crippen LogP contribution in [-0.4, -0.2) is 29.2 Å². The molecule has 18 heavy (non-hydrogen) atoms. The van der Waals surface area contributed by atoms with Crippen LogP contribution < -0.4 is 0 Å². The minimum absolute atomic E-state index is 0.134. The predicted molar refractivity (Wildman–Crippen MR) is 78.6 cm³/mol. The van der Waals surface area contributed by atoms with E-state index in [0.29, 0.717) is 10.9 Å². The maximum absolute atomic E-state index is 12.5. The van der Waals surface area contributed by atoms with Crippen molar-refractivity contribution < 1.29 is 4.79 Å². The molecule has 0 aliphatic carbocycles. The molecule has 1 aliphatic heterocycles. The van der Waals surface area contributed by atoms with Crippen molar-refractivity contribution in [2.45, 2.75) is 19.8 Å². The summed E-state index contributed by atoms with van der Waals surface area (Å²) >= 11 is 9.43. The fourth-order valence-corrected chi connectivity index (χ4v) is 3.17. The molecule has 1 unspecified atom stereocenters. The normalized spacial score (nSPS) is 19.9. The Morgan fingerprint density at radius 3 is 3.00 bits per heavy atom. The van der Waals surface area contributed by atoms with Crippen molar-refractivity contribution in [3.63, 3.8) is 0 Å². The Bertz CT molecular complexity index is 449. The quantitative estimate of drug-likeness (QED) is 0.753. The number of benzene rings is 1. The minimum atomic E-state index is 0.134. The third-order valence-electron chi connectivity index (χ3n) is 3.44. The summed E-state index contributed by atoms with van der Waals surface area (Å²) in [5.41, 5.74) is 1.73. The van der Waals surface area contributed by atoms with Gasteiger partial charge in [-0.2, -0.15) is 0 Å². The van der Waals surface area contributed by atoms with Gasteiger partial charge in [0, 0.05) is 29.0 Å². The van der Waals surface area contributed by atoms with Crippen LogP contribution in [0.15, 0.2) is 18.2 Å². The van der Waals surface area contributed by atoms with E-state index >= 15 is 0 Å². The number of rotatable bonds is 2. The first-order chi connectivity index (χ1) is 8.61. The molecular formula is C14H17BrClNO. The van der Waals surface area contributed by atoms with E-state index in [-0.39, 0.29) is 5.91 Å². The summed E-state index contributed by atoms with van der Waals surface area (Å²) in [5, 5.41) is 1.65. The smallest absolute Gasteiger partial charge is 0.254 e. The summed E-state index contributed by atoms with van der Waals surface area (Å²) < 4.78 is 0. The van der Waals surface area contributed by atoms with Crippen molar-refractivity contribution in [3.8, 4) is 0 Å². The third kappa shape index (κ3) is 3.07. The Morgan fingerprint density at radius 1 is 1.56 bits per heavy atom. The molecule has 0 radical (unpaired) electrons. The van der Waals surface area contributed by atoms with Crippen molar-refractivity contribution in [1.29, 1.82) is 0 Å². The van der Waals surface area contributed by atoms with E-state index in [4.69, 9.17) is 11.6 Å². The second kappa shape index (κ2) is 6.07. The minimum Gasteiger partial charge on any atom is -0.338 e. The fraction of sp³-hybridized carbons (Fsp3) is 0.500. The van der Waals surface area contributed by atoms with Gasteiger partial charge in [-0.1, -0.05) is 27.5 Å². The monoisotopic (exact) mass is 329 g/mol. The average molecular weight is 331 g/mol. The summed E-state index contributed by atoms with van der Waals surface area (Å²) in [5.74, 6) is 0.713. The summed E-state index contributed by atoms with van der Waals surface area (Å²) in [6.45, 7) is 3.65. The Kier molecular flexibility index (Phi) is 4.68. The van der Waals surface area contributed by atoms with Crippen LogP contribution in [0.2, 0.25) is 5.02 Å². The SMILES string of the molecule is Cc1cc(Cl)ccc1C(=O)N1CCCC(CBr)C1. The molecular weight excluding hydrogens is 314 g/mol. The largest absolute Gasteiger partial charge is 0.338 e. The molecule has 2 rings (SSSR count). The first-order valence-corrected chi connectivity index (χ1v) is 7.73. The maximum Gasteiger partial charge on any atom is 0.254 e. The molecule has 1 aromatic carbocycles. The molecule has 1 aliphatic rings. The van der Waals surface area contributed by atoms with Crippen LogP contribution in [0.3, 0.4) is 0 Å². The lowest BCUT2D eigenvalue weighted by molar-refractivity contribution is 0.0685. The van der Waals surface area contributed by atoms with Gasteiger partial charge >= 0.3 is 0 Å². The van der Waals surface area contributed by atoms with Gasteiger partial charge in [-0.05, 0) is 49.4 Å². The van der Waals surface area contributed by atoms with Crippen molar-refractivity contribution in [1.82, 2.24) is 4.90 Å². The Hall–Kier alpha value is -0.540. The number of amides is 1. The Morgan fingerprint density at radius 2 is 2.33 bits per heavy atom. The highest BCUT2D eigenvalue weighted by Gasteiger charge is 2.24. The van der Waals surface area contributed by atoms with Crippen molar-refractivity contribution in [2.75, 3.05) is 18.4 Å². The van der Waals surface area contributed by atoms with Gasteiger partial charge in [0.15, 0.2) is 0 Å². The predicted octanol–water partition coefficient (Wildman–Crippen LogP) is 3.90. The van der Waals surface area contributed by atoms with Crippen LogP contribution in [0.1, 0.15) is 28.8 Å². The number of piperidine rings is 1. The maximum atomic E-state index is 12.5. The van der Waals surface area contributed by atoms with Crippen molar-refractivity contribution >= 4 is 33.4 Å². The van der Waals surface area contributed by atoms with Crippen LogP contribution in [0.25, 0.3) is 0 Å². The van der Waals surface area contributed by atoms with Crippen LogP contribution in [-0.2, 0) is 0 Å². The highest BCUT2D eigenvalue weighted by Crippen LogP contribution is 2.22. The lowest BCUT2D eigenvalue weighted by Gasteiger charge is -2.32. The standard InChI is InChI=1S/C14H17BrClNO/c1-10-7-12(16)4-5-13(10)14(18)17-6-2-3-11(8-15)9-17/h4-5,7,11H,2-3,6,8-9H2,1H3. The van der Waals surface area contributed by atoms with Gasteiger partial charge in [-0.15, -0.1) is 0 Å². The third-order valence-corrected chi connectivity index (χ3v) is 4.59. The number of carbonyl (C=O) groups excluding carboxylic acids is 1. The number of nitrogens with zero attached hydrogens (tertiary/aromatic N) is 1. The number of aryl methyl sites for hydroxylation is 1. The zero-order valence-corrected chi connectivity index (χ0v) is 12.8. The summed E-state index contributed by atoms with van der Waals surface area (Å²) in [6, 6.07) is 5.46. The van der Waals surface area contributed by atoms with Gasteiger partial charge in [0.25, 0.3) is 5.91 Å². The van der Waals surface area contributed by atoms with Crippen LogP contribution >= 0.6 is 27.5 Å². The second-order valence-corrected chi connectivity index (χ2v) is 5.96. The van der Waals surface area contributed by atoms with Gasteiger partial charge in [0.05, 0.1) is 0 Å². The number of likely N-dealkylation sites (tertiary alicyclic amines) is 1. The van der Waals surface area contributed by atoms with Crippen LogP contribution in [0.5, 0.6) is 0 Å². The second-order valence-electron chi connectivity index (χ2n) is 4.87. The van der Waals surface area contributed by atoms with E-state index in [1.807, 2.05) is 24.0 Å². The zero-order chi connectivity index (χ0) is 13.1. The zero-order valence-electron chi connectivity index (χ0n) is 10.5. The highest BCUT2D eigenvalue weighted by molar-refractivity contribution is 9.09. The average Bonchev–Trinajstić information content (AvgIpc) is 2.38. The number of halogens is 2. The Labute approximate surface area is 121 Å². The molecule has 1 heterocycles. The molecule has 1 saturated heterocycles. The number of alkyl halides is 1. The summed E-state index contributed by atoms with van der Waals surface area (Å²) in [6.07, 6.45) is 2.29. The van der Waals surface area contributed by atoms with Gasteiger partial charge in [0.2, 0.25) is 0 Å². The van der Waals surface area contributed by atoms with E-state index in [9.17, 15) is 4.79 Å². The molecule has 0 saturated carbocycles. The van der Waals surface area contributed by atoms with Crippen LogP contribution in [0, 0.1) is 12.8 Å². The molecule has 1 aromatic rings. The van der Waals surface area contributed by atoms with Gasteiger partial charge < -0.3 is 4.90 Å². The van der Waals surface area contributed by atoms with Crippen molar-refractivity contribution in [3.05, 3.63) is 34.3 Å². The molecule has 0 spiro atoms. The molecule has 0 N–H and O–H groups in total. The molecule has 0 aromatic heterocycles. The molecule has 0 bridgehead atoms. The van der Waals surface area contributed by atoms with Gasteiger partial charge in [-0.3, -0.25) is 4.79 Å². The number of hydrogen-bond acceptors (Lipinski definition) is 1.